The van der Waals surface area contributed by atoms with Crippen LogP contribution < -0.4 is 24.0 Å². The van der Waals surface area contributed by atoms with Crippen LogP contribution in [-0.2, 0) is 0 Å². The van der Waals surface area contributed by atoms with E-state index in [2.05, 4.69) is 0 Å². The maximum absolute atomic E-state index is 5.78. The molecule has 4 heteroatoms. The summed E-state index contributed by atoms with van der Waals surface area (Å²) in [5, 5.41) is 0.852. The van der Waals surface area contributed by atoms with Crippen molar-refractivity contribution in [1.29, 1.82) is 0 Å². The van der Waals surface area contributed by atoms with Crippen LogP contribution in [0.2, 0.25) is 0 Å². The topological polar surface area (TPSA) is 6.25 Å². The molecule has 0 aromatic carbocycles. The van der Waals surface area contributed by atoms with Gasteiger partial charge in [0.2, 0.25) is 0 Å². The Kier molecular flexibility index (Phi) is 3.80. The zero-order valence-corrected chi connectivity index (χ0v) is 8.48. The summed E-state index contributed by atoms with van der Waals surface area (Å²) >= 11 is 5.78. The van der Waals surface area contributed by atoms with Gasteiger partial charge in [0.15, 0.2) is 0 Å². The number of hydrogen-bond donors (Lipinski definition) is 0. The number of halogens is 2. The van der Waals surface area contributed by atoms with Crippen LogP contribution in [0.1, 0.15) is 0 Å². The fraction of sp³-hybridized carbons (Fsp3) is 0.800. The van der Waals surface area contributed by atoms with E-state index in [4.69, 9.17) is 11.6 Å². The van der Waals surface area contributed by atoms with Crippen molar-refractivity contribution in [3.8, 4) is 0 Å². The Morgan fingerprint density at radius 3 is 2.33 bits per heavy atom. The average molecular weight is 261 g/mol. The number of amidine groups is 1. The third-order valence-corrected chi connectivity index (χ3v) is 1.98. The standard InChI is InChI=1S/C5H10ClN2.HI/c1-7-3-4-8(2)5(7)6;/h3-4H2,1-2H3;1H/q+1;/p-1. The zero-order valence-electron chi connectivity index (χ0n) is 5.56. The number of likely N-dealkylation sites (N-methyl/N-ethyl adjacent to an activating group) is 2. The van der Waals surface area contributed by atoms with E-state index in [9.17, 15) is 0 Å². The lowest BCUT2D eigenvalue weighted by Gasteiger charge is -1.95. The number of rotatable bonds is 0. The van der Waals surface area contributed by atoms with E-state index in [1.165, 1.54) is 0 Å². The summed E-state index contributed by atoms with van der Waals surface area (Å²) in [5.74, 6) is 0. The van der Waals surface area contributed by atoms with E-state index in [-0.39, 0.29) is 24.0 Å². The van der Waals surface area contributed by atoms with Crippen LogP contribution in [0.15, 0.2) is 0 Å². The first-order valence-corrected chi connectivity index (χ1v) is 3.04. The highest BCUT2D eigenvalue weighted by molar-refractivity contribution is 6.63. The predicted octanol–water partition coefficient (Wildman–Crippen LogP) is -2.83. The summed E-state index contributed by atoms with van der Waals surface area (Å²) < 4.78 is 2.03. The first-order chi connectivity index (χ1) is 3.72. The normalized spacial score (nSPS) is 18.3. The second-order valence-corrected chi connectivity index (χ2v) is 2.45. The van der Waals surface area contributed by atoms with E-state index >= 15 is 0 Å². The van der Waals surface area contributed by atoms with Crippen LogP contribution in [0.5, 0.6) is 0 Å². The molecule has 0 fully saturated rings. The summed E-state index contributed by atoms with van der Waals surface area (Å²) in [5.41, 5.74) is 0. The van der Waals surface area contributed by atoms with Gasteiger partial charge in [0.1, 0.15) is 13.1 Å². The zero-order chi connectivity index (χ0) is 6.15. The van der Waals surface area contributed by atoms with Crippen LogP contribution in [0.4, 0.5) is 0 Å². The molecular formula is C5H10ClIN2. The van der Waals surface area contributed by atoms with Crippen molar-refractivity contribution in [2.24, 2.45) is 0 Å². The average Bonchev–Trinajstić information content (AvgIpc) is 1.98. The van der Waals surface area contributed by atoms with Crippen LogP contribution in [0, 0.1) is 0 Å². The Balaban J connectivity index is 0.000000640. The smallest absolute Gasteiger partial charge is 0.344 e. The highest BCUT2D eigenvalue weighted by Gasteiger charge is 2.21. The Hall–Kier alpha value is 0.490. The summed E-state index contributed by atoms with van der Waals surface area (Å²) in [6.07, 6.45) is 0. The van der Waals surface area contributed by atoms with Gasteiger partial charge in [-0.2, -0.15) is 0 Å². The van der Waals surface area contributed by atoms with Crippen molar-refractivity contribution >= 4 is 16.9 Å². The van der Waals surface area contributed by atoms with Gasteiger partial charge in [-0.05, 0) is 0 Å². The number of hydrogen-bond acceptors (Lipinski definition) is 1. The highest BCUT2D eigenvalue weighted by Crippen LogP contribution is 1.98. The Morgan fingerprint density at radius 2 is 2.22 bits per heavy atom. The van der Waals surface area contributed by atoms with Crippen LogP contribution in [0.25, 0.3) is 0 Å². The van der Waals surface area contributed by atoms with Crippen molar-refractivity contribution in [3.63, 3.8) is 0 Å². The van der Waals surface area contributed by atoms with Crippen LogP contribution in [0.3, 0.4) is 0 Å². The van der Waals surface area contributed by atoms with Crippen LogP contribution in [-0.4, -0.2) is 42.0 Å². The molecule has 0 N–H and O–H groups in total. The van der Waals surface area contributed by atoms with Gasteiger partial charge in [0.05, 0.1) is 14.1 Å². The summed E-state index contributed by atoms with van der Waals surface area (Å²) in [6.45, 7) is 2.10. The molecule has 0 aromatic rings. The Bertz CT molecular complexity index is 135. The van der Waals surface area contributed by atoms with Gasteiger partial charge in [0, 0.05) is 11.6 Å². The van der Waals surface area contributed by atoms with E-state index in [1.54, 1.807) is 0 Å². The molecule has 0 aromatic heterocycles. The monoisotopic (exact) mass is 260 g/mol. The molecule has 0 saturated heterocycles. The minimum absolute atomic E-state index is 0. The highest BCUT2D eigenvalue weighted by atomic mass is 127. The third-order valence-electron chi connectivity index (χ3n) is 1.40. The molecule has 0 atom stereocenters. The van der Waals surface area contributed by atoms with Crippen molar-refractivity contribution in [2.45, 2.75) is 0 Å². The first kappa shape index (κ1) is 9.49. The Morgan fingerprint density at radius 1 is 1.67 bits per heavy atom. The van der Waals surface area contributed by atoms with Gasteiger partial charge in [-0.3, -0.25) is 9.48 Å². The maximum Gasteiger partial charge on any atom is 0.344 e. The van der Waals surface area contributed by atoms with Crippen molar-refractivity contribution in [2.75, 3.05) is 27.2 Å². The SMILES string of the molecule is CN1CC[N+](C)=C1Cl.[I-]. The van der Waals surface area contributed by atoms with Gasteiger partial charge in [-0.25, -0.2) is 0 Å². The molecular weight excluding hydrogens is 250 g/mol. The van der Waals surface area contributed by atoms with Crippen molar-refractivity contribution in [3.05, 3.63) is 0 Å². The molecule has 1 aliphatic rings. The molecule has 0 saturated carbocycles. The summed E-state index contributed by atoms with van der Waals surface area (Å²) in [4.78, 5) is 2.03. The largest absolute Gasteiger partial charge is 1.00 e. The van der Waals surface area contributed by atoms with Gasteiger partial charge in [0.25, 0.3) is 0 Å². The lowest BCUT2D eigenvalue weighted by atomic mass is 10.6. The van der Waals surface area contributed by atoms with E-state index in [1.807, 2.05) is 23.6 Å². The van der Waals surface area contributed by atoms with E-state index in [0.717, 1.165) is 18.4 Å². The lowest BCUT2D eigenvalue weighted by molar-refractivity contribution is -0.484. The van der Waals surface area contributed by atoms with Gasteiger partial charge in [-0.1, -0.05) is 0 Å². The lowest BCUT2D eigenvalue weighted by Crippen LogP contribution is -3.00. The van der Waals surface area contributed by atoms with E-state index < -0.39 is 0 Å². The molecule has 0 spiro atoms. The van der Waals surface area contributed by atoms with Crippen molar-refractivity contribution < 1.29 is 28.6 Å². The van der Waals surface area contributed by atoms with Crippen molar-refractivity contribution in [1.82, 2.24) is 4.90 Å². The fourth-order valence-electron chi connectivity index (χ4n) is 0.776. The second kappa shape index (κ2) is 3.61. The molecule has 9 heavy (non-hydrogen) atoms. The summed E-state index contributed by atoms with van der Waals surface area (Å²) in [7, 11) is 3.98. The molecule has 0 aliphatic carbocycles. The number of nitrogens with zero attached hydrogens (tertiary/aromatic N) is 2. The quantitative estimate of drug-likeness (QED) is 0.259. The Labute approximate surface area is 77.5 Å². The second-order valence-electron chi connectivity index (χ2n) is 2.11. The third kappa shape index (κ3) is 1.97. The molecule has 1 rings (SSSR count). The van der Waals surface area contributed by atoms with Crippen LogP contribution >= 0.6 is 11.6 Å². The molecule has 0 amide bonds. The summed E-state index contributed by atoms with van der Waals surface area (Å²) in [6, 6.07) is 0. The molecule has 2 nitrogen and oxygen atoms in total. The van der Waals surface area contributed by atoms with Gasteiger partial charge < -0.3 is 24.0 Å². The molecule has 1 aliphatic heterocycles. The minimum atomic E-state index is 0. The molecule has 0 radical (unpaired) electrons. The predicted molar refractivity (Wildman–Crippen MR) is 34.5 cm³/mol. The maximum atomic E-state index is 5.78. The molecule has 0 unspecified atom stereocenters. The van der Waals surface area contributed by atoms with Gasteiger partial charge >= 0.3 is 5.29 Å². The first-order valence-electron chi connectivity index (χ1n) is 2.66. The van der Waals surface area contributed by atoms with E-state index in [0.29, 0.717) is 0 Å². The molecule has 54 valence electrons. The molecule has 1 heterocycles. The molecule has 0 bridgehead atoms. The minimum Gasteiger partial charge on any atom is -1.00 e. The van der Waals surface area contributed by atoms with Gasteiger partial charge in [-0.15, -0.1) is 0 Å². The fourth-order valence-corrected chi connectivity index (χ4v) is 0.945.